The normalized spacial score (nSPS) is 39.6. The van der Waals surface area contributed by atoms with Crippen molar-refractivity contribution in [2.24, 2.45) is 23.7 Å². The van der Waals surface area contributed by atoms with E-state index in [2.05, 4.69) is 104 Å². The minimum Gasteiger partial charge on any atom is -0.414 e. The summed E-state index contributed by atoms with van der Waals surface area (Å²) in [4.78, 5) is 13.5. The molecule has 0 aromatic heterocycles. The summed E-state index contributed by atoms with van der Waals surface area (Å²) in [5.74, 6) is 1.16. The average molecular weight is 569 g/mol. The Morgan fingerprint density at radius 1 is 1.08 bits per heavy atom. The number of rotatable bonds is 6. The molecule has 2 heterocycles. The van der Waals surface area contributed by atoms with Crippen molar-refractivity contribution in [1.29, 1.82) is 0 Å². The number of carbonyl (C=O) groups is 1. The van der Waals surface area contributed by atoms with Crippen molar-refractivity contribution in [1.82, 2.24) is 0 Å². The van der Waals surface area contributed by atoms with Gasteiger partial charge in [0.2, 0.25) is 0 Å². The molecule has 4 fully saturated rings. The van der Waals surface area contributed by atoms with Gasteiger partial charge in [0, 0.05) is 24.7 Å². The average Bonchev–Trinajstić information content (AvgIpc) is 3.26. The summed E-state index contributed by atoms with van der Waals surface area (Å²) in [7, 11) is -4.00. The molecular formula is C33H52O4Si2. The largest absolute Gasteiger partial charge is 0.414 e. The number of hydrogen-bond acceptors (Lipinski definition) is 4. The first kappa shape index (κ1) is 29.4. The van der Waals surface area contributed by atoms with E-state index in [0.29, 0.717) is 30.6 Å². The quantitative estimate of drug-likeness (QED) is 0.324. The van der Waals surface area contributed by atoms with Crippen molar-refractivity contribution in [2.45, 2.75) is 121 Å². The zero-order valence-electron chi connectivity index (χ0n) is 26.1. The highest BCUT2D eigenvalue weighted by atomic mass is 28.4. The lowest BCUT2D eigenvalue weighted by molar-refractivity contribution is -0.255. The Labute approximate surface area is 239 Å². The number of Topliss-reactive ketones (excluding diaryl/α,β-unsaturated/α-hetero) is 1. The summed E-state index contributed by atoms with van der Waals surface area (Å²) in [5, 5.41) is 0.125. The van der Waals surface area contributed by atoms with Gasteiger partial charge < -0.3 is 13.6 Å². The first-order chi connectivity index (χ1) is 17.9. The van der Waals surface area contributed by atoms with Crippen LogP contribution in [0.4, 0.5) is 0 Å². The van der Waals surface area contributed by atoms with Crippen molar-refractivity contribution in [3.05, 3.63) is 41.5 Å². The maximum absolute atomic E-state index is 13.5. The van der Waals surface area contributed by atoms with E-state index in [9.17, 15) is 4.79 Å². The van der Waals surface area contributed by atoms with E-state index in [1.807, 2.05) is 0 Å². The molecule has 4 aliphatic rings. The smallest absolute Gasteiger partial charge is 0.192 e. The van der Waals surface area contributed by atoms with Gasteiger partial charge in [-0.3, -0.25) is 4.79 Å². The molecule has 2 saturated heterocycles. The van der Waals surface area contributed by atoms with Crippen molar-refractivity contribution in [3.8, 4) is 0 Å². The van der Waals surface area contributed by atoms with Crippen LogP contribution in [-0.4, -0.2) is 45.8 Å². The summed E-state index contributed by atoms with van der Waals surface area (Å²) >= 11 is 0. The third-order valence-electron chi connectivity index (χ3n) is 11.0. The number of ketones is 1. The second-order valence-electron chi connectivity index (χ2n) is 15.8. The van der Waals surface area contributed by atoms with E-state index in [1.165, 1.54) is 11.1 Å². The summed E-state index contributed by atoms with van der Waals surface area (Å²) in [6.07, 6.45) is 6.82. The van der Waals surface area contributed by atoms with Gasteiger partial charge in [-0.1, -0.05) is 71.0 Å². The number of fused-ring (bicyclic) bond motifs is 2. The third kappa shape index (κ3) is 4.80. The summed E-state index contributed by atoms with van der Waals surface area (Å²) < 4.78 is 22.0. The Morgan fingerprint density at radius 2 is 1.74 bits per heavy atom. The standard InChI is InChI=1S/C33H52O4Si2/c1-23-18-29-32(37-38(6,7)8,27(23)19-25-14-12-11-13-15-25)21-31(22-35-39(9,10)30(3,4)5)20-26-16-17-28(34)24(2)33(26,29)36-31/h11-15,19,23-24,26,29H,16-18,20-22H2,1-10H3/b27-19+/t23-,24-,26-,29-,31+,32+,33-/m1/s1. The highest BCUT2D eigenvalue weighted by Crippen LogP contribution is 2.70. The van der Waals surface area contributed by atoms with E-state index >= 15 is 0 Å². The fourth-order valence-corrected chi connectivity index (χ4v) is 10.8. The van der Waals surface area contributed by atoms with Gasteiger partial charge in [-0.05, 0) is 80.0 Å². The molecule has 216 valence electrons. The topological polar surface area (TPSA) is 44.8 Å². The van der Waals surface area contributed by atoms with E-state index in [-0.39, 0.29) is 16.9 Å². The maximum Gasteiger partial charge on any atom is 0.192 e. The molecule has 0 amide bonds. The fourth-order valence-electron chi connectivity index (χ4n) is 8.34. The number of carbonyl (C=O) groups excluding carboxylic acids is 1. The Balaban J connectivity index is 1.68. The van der Waals surface area contributed by atoms with Crippen LogP contribution < -0.4 is 0 Å². The van der Waals surface area contributed by atoms with Crippen molar-refractivity contribution >= 4 is 28.5 Å². The molecule has 2 aliphatic carbocycles. The molecule has 0 radical (unpaired) electrons. The van der Waals surface area contributed by atoms with Gasteiger partial charge in [-0.25, -0.2) is 0 Å². The molecule has 2 saturated carbocycles. The highest BCUT2D eigenvalue weighted by molar-refractivity contribution is 6.74. The van der Waals surface area contributed by atoms with Crippen molar-refractivity contribution in [2.75, 3.05) is 6.61 Å². The van der Waals surface area contributed by atoms with Crippen LogP contribution in [0.5, 0.6) is 0 Å². The Bertz CT molecular complexity index is 1130. The first-order valence-corrected chi connectivity index (χ1v) is 21.6. The molecule has 1 aromatic carbocycles. The molecule has 2 bridgehead atoms. The molecule has 7 atom stereocenters. The number of benzene rings is 1. The van der Waals surface area contributed by atoms with Crippen LogP contribution in [0.1, 0.15) is 72.3 Å². The SMILES string of the molecule is C[C@@H]1C[C@H]2[C@]34O[C@@](CO[Si](C)(C)C(C)(C)C)(C[C@H]3CCC(=O)[C@H]4C)C[C@]2(O[Si](C)(C)C)/C1=C/c1ccccc1. The minimum atomic E-state index is -2.01. The van der Waals surface area contributed by atoms with Crippen LogP contribution in [0.2, 0.25) is 37.8 Å². The lowest BCUT2D eigenvalue weighted by Crippen LogP contribution is -2.67. The molecule has 39 heavy (non-hydrogen) atoms. The van der Waals surface area contributed by atoms with E-state index < -0.39 is 33.4 Å². The third-order valence-corrected chi connectivity index (χ3v) is 16.4. The Morgan fingerprint density at radius 3 is 2.36 bits per heavy atom. The fraction of sp³-hybridized carbons (Fsp3) is 0.727. The minimum absolute atomic E-state index is 0.121. The van der Waals surface area contributed by atoms with Crippen LogP contribution in [0.3, 0.4) is 0 Å². The molecule has 5 rings (SSSR count). The Hall–Kier alpha value is -1.06. The van der Waals surface area contributed by atoms with Gasteiger partial charge in [0.1, 0.15) is 5.78 Å². The van der Waals surface area contributed by atoms with Gasteiger partial charge in [0.15, 0.2) is 16.6 Å². The van der Waals surface area contributed by atoms with Crippen LogP contribution in [0.15, 0.2) is 35.9 Å². The molecule has 0 unspecified atom stereocenters. The molecule has 4 nitrogen and oxygen atoms in total. The molecular weight excluding hydrogens is 517 g/mol. The second kappa shape index (κ2) is 9.48. The number of hydrogen-bond donors (Lipinski definition) is 0. The molecule has 1 spiro atoms. The lowest BCUT2D eigenvalue weighted by Gasteiger charge is -2.59. The van der Waals surface area contributed by atoms with E-state index in [1.54, 1.807) is 0 Å². The van der Waals surface area contributed by atoms with Gasteiger partial charge >= 0.3 is 0 Å². The maximum atomic E-state index is 13.5. The van der Waals surface area contributed by atoms with Gasteiger partial charge in [-0.15, -0.1) is 0 Å². The summed E-state index contributed by atoms with van der Waals surface area (Å²) in [5.41, 5.74) is 1.28. The molecule has 0 N–H and O–H groups in total. The first-order valence-electron chi connectivity index (χ1n) is 15.3. The Kier molecular flexibility index (Phi) is 7.16. The summed E-state index contributed by atoms with van der Waals surface area (Å²) in [6.45, 7) is 23.7. The zero-order valence-corrected chi connectivity index (χ0v) is 28.1. The molecule has 1 aromatic rings. The van der Waals surface area contributed by atoms with E-state index in [4.69, 9.17) is 13.6 Å². The molecule has 2 aliphatic heterocycles. The monoisotopic (exact) mass is 568 g/mol. The van der Waals surface area contributed by atoms with Crippen LogP contribution in [0.25, 0.3) is 6.08 Å². The second-order valence-corrected chi connectivity index (χ2v) is 25.0. The van der Waals surface area contributed by atoms with Crippen LogP contribution in [-0.2, 0) is 18.4 Å². The predicted octanol–water partition coefficient (Wildman–Crippen LogP) is 8.25. The summed E-state index contributed by atoms with van der Waals surface area (Å²) in [6, 6.07) is 10.7. The predicted molar refractivity (Wildman–Crippen MR) is 165 cm³/mol. The van der Waals surface area contributed by atoms with Crippen LogP contribution >= 0.6 is 0 Å². The van der Waals surface area contributed by atoms with E-state index in [0.717, 1.165) is 25.7 Å². The number of ether oxygens (including phenoxy) is 1. The zero-order chi connectivity index (χ0) is 28.6. The van der Waals surface area contributed by atoms with Gasteiger partial charge in [0.25, 0.3) is 0 Å². The van der Waals surface area contributed by atoms with Crippen molar-refractivity contribution < 1.29 is 18.4 Å². The highest BCUT2D eigenvalue weighted by Gasteiger charge is 2.76. The lowest BCUT2D eigenvalue weighted by atomic mass is 9.59. The van der Waals surface area contributed by atoms with Gasteiger partial charge in [-0.2, -0.15) is 0 Å². The van der Waals surface area contributed by atoms with Gasteiger partial charge in [0.05, 0.1) is 23.4 Å². The van der Waals surface area contributed by atoms with Crippen molar-refractivity contribution in [3.63, 3.8) is 0 Å². The molecule has 6 heteroatoms. The van der Waals surface area contributed by atoms with Crippen LogP contribution in [0, 0.1) is 23.7 Å².